The van der Waals surface area contributed by atoms with Gasteiger partial charge in [0.2, 0.25) is 0 Å². The van der Waals surface area contributed by atoms with Crippen LogP contribution in [0.3, 0.4) is 0 Å². The fourth-order valence-electron chi connectivity index (χ4n) is 6.66. The molecular weight excluding hydrogens is 248 g/mol. The molecule has 3 aliphatic carbocycles. The number of rotatable bonds is 1. The fraction of sp³-hybridized carbons (Fsp3) is 1.00. The smallest absolute Gasteiger partial charge is 0.158 e. The molecule has 3 saturated carbocycles. The van der Waals surface area contributed by atoms with Gasteiger partial charge in [-0.15, -0.1) is 0 Å². The molecule has 0 aromatic rings. The van der Waals surface area contributed by atoms with Crippen LogP contribution in [-0.4, -0.2) is 18.5 Å². The van der Waals surface area contributed by atoms with Gasteiger partial charge in [-0.1, -0.05) is 34.6 Å². The van der Waals surface area contributed by atoms with Crippen molar-refractivity contribution in [2.75, 3.05) is 0 Å². The molecule has 0 aromatic heterocycles. The number of fused-ring (bicyclic) bond motifs is 3. The SMILES string of the molecule is CCC1OC2CC(C)(C)[C@@]34CC[C@@H](C3)C(C)(C)C4C2O1. The van der Waals surface area contributed by atoms with Crippen molar-refractivity contribution in [1.29, 1.82) is 0 Å². The lowest BCUT2D eigenvalue weighted by molar-refractivity contribution is -0.147. The van der Waals surface area contributed by atoms with Gasteiger partial charge in [0, 0.05) is 0 Å². The minimum Gasteiger partial charge on any atom is -0.347 e. The Labute approximate surface area is 123 Å². The number of ether oxygens (including phenoxy) is 2. The van der Waals surface area contributed by atoms with Crippen LogP contribution in [0.15, 0.2) is 0 Å². The van der Waals surface area contributed by atoms with E-state index in [1.54, 1.807) is 0 Å². The summed E-state index contributed by atoms with van der Waals surface area (Å²) in [5.41, 5.74) is 1.33. The zero-order chi connectivity index (χ0) is 14.3. The van der Waals surface area contributed by atoms with Crippen molar-refractivity contribution in [2.24, 2.45) is 28.1 Å². The first kappa shape index (κ1) is 13.6. The summed E-state index contributed by atoms with van der Waals surface area (Å²) in [6.07, 6.45) is 7.19. The predicted molar refractivity (Wildman–Crippen MR) is 79.3 cm³/mol. The van der Waals surface area contributed by atoms with Gasteiger partial charge in [-0.3, -0.25) is 0 Å². The van der Waals surface area contributed by atoms with Crippen LogP contribution in [0.1, 0.15) is 66.7 Å². The first-order valence-corrected chi connectivity index (χ1v) is 8.63. The van der Waals surface area contributed by atoms with Crippen molar-refractivity contribution >= 4 is 0 Å². The van der Waals surface area contributed by atoms with E-state index in [-0.39, 0.29) is 6.29 Å². The standard InChI is InChI=1S/C18H30O2/c1-6-13-19-12-10-16(2,3)18-8-7-11(9-18)17(4,5)15(18)14(12)20-13/h11-15H,6-10H2,1-5H3/t11-,12?,13?,14?,15?,18-/m0/s1. The Balaban J connectivity index is 1.78. The molecule has 2 nitrogen and oxygen atoms in total. The highest BCUT2D eigenvalue weighted by atomic mass is 16.7. The third kappa shape index (κ3) is 1.38. The van der Waals surface area contributed by atoms with Crippen LogP contribution in [-0.2, 0) is 9.47 Å². The molecule has 20 heavy (non-hydrogen) atoms. The molecule has 0 amide bonds. The van der Waals surface area contributed by atoms with Crippen molar-refractivity contribution in [3.63, 3.8) is 0 Å². The van der Waals surface area contributed by atoms with Crippen LogP contribution in [0, 0.1) is 28.1 Å². The Hall–Kier alpha value is -0.0800. The highest BCUT2D eigenvalue weighted by Crippen LogP contribution is 2.76. The van der Waals surface area contributed by atoms with Crippen LogP contribution in [0.2, 0.25) is 0 Å². The van der Waals surface area contributed by atoms with E-state index in [4.69, 9.17) is 9.47 Å². The second-order valence-electron chi connectivity index (χ2n) is 9.10. The highest BCUT2D eigenvalue weighted by molar-refractivity contribution is 5.20. The maximum Gasteiger partial charge on any atom is 0.158 e. The van der Waals surface area contributed by atoms with E-state index < -0.39 is 0 Å². The minimum absolute atomic E-state index is 0.0471. The largest absolute Gasteiger partial charge is 0.347 e. The van der Waals surface area contributed by atoms with E-state index >= 15 is 0 Å². The Bertz CT molecular complexity index is 427. The lowest BCUT2D eigenvalue weighted by Gasteiger charge is -2.58. The average Bonchev–Trinajstić information content (AvgIpc) is 2.99. The summed E-state index contributed by atoms with van der Waals surface area (Å²) in [6, 6.07) is 0. The predicted octanol–water partition coefficient (Wildman–Crippen LogP) is 4.38. The summed E-state index contributed by atoms with van der Waals surface area (Å²) in [4.78, 5) is 0. The number of hydrogen-bond acceptors (Lipinski definition) is 2. The van der Waals surface area contributed by atoms with E-state index in [2.05, 4.69) is 34.6 Å². The van der Waals surface area contributed by atoms with Crippen molar-refractivity contribution in [3.8, 4) is 0 Å². The molecular formula is C18H30O2. The first-order chi connectivity index (χ1) is 9.32. The number of hydrogen-bond donors (Lipinski definition) is 0. The quantitative estimate of drug-likeness (QED) is 0.708. The lowest BCUT2D eigenvalue weighted by atomic mass is 9.47. The highest BCUT2D eigenvalue weighted by Gasteiger charge is 2.72. The summed E-state index contributed by atoms with van der Waals surface area (Å²) in [5.74, 6) is 1.59. The second-order valence-corrected chi connectivity index (χ2v) is 9.10. The van der Waals surface area contributed by atoms with Crippen LogP contribution >= 0.6 is 0 Å². The van der Waals surface area contributed by atoms with Gasteiger partial charge in [-0.05, 0) is 60.2 Å². The summed E-state index contributed by atoms with van der Waals surface area (Å²) in [7, 11) is 0. The Morgan fingerprint density at radius 2 is 1.80 bits per heavy atom. The van der Waals surface area contributed by atoms with E-state index in [1.807, 2.05) is 0 Å². The van der Waals surface area contributed by atoms with Gasteiger partial charge >= 0.3 is 0 Å². The van der Waals surface area contributed by atoms with Gasteiger partial charge in [0.25, 0.3) is 0 Å². The molecule has 1 spiro atoms. The van der Waals surface area contributed by atoms with Crippen molar-refractivity contribution in [1.82, 2.24) is 0 Å². The molecule has 1 saturated heterocycles. The van der Waals surface area contributed by atoms with Gasteiger partial charge < -0.3 is 9.47 Å². The van der Waals surface area contributed by atoms with Gasteiger partial charge in [0.1, 0.15) is 0 Å². The van der Waals surface area contributed by atoms with Crippen LogP contribution in [0.25, 0.3) is 0 Å². The molecule has 0 radical (unpaired) electrons. The normalized spacial score (nSPS) is 54.8. The van der Waals surface area contributed by atoms with Gasteiger partial charge in [0.15, 0.2) is 6.29 Å². The van der Waals surface area contributed by atoms with Gasteiger partial charge in [-0.25, -0.2) is 0 Å². The Kier molecular flexibility index (Phi) is 2.59. The van der Waals surface area contributed by atoms with Crippen LogP contribution in [0.4, 0.5) is 0 Å². The summed E-state index contributed by atoms with van der Waals surface area (Å²) in [6.45, 7) is 12.2. The molecule has 4 rings (SSSR count). The molecule has 1 heterocycles. The molecule has 6 atom stereocenters. The first-order valence-electron chi connectivity index (χ1n) is 8.63. The van der Waals surface area contributed by atoms with Crippen LogP contribution in [0.5, 0.6) is 0 Å². The zero-order valence-electron chi connectivity index (χ0n) is 13.7. The average molecular weight is 278 g/mol. The van der Waals surface area contributed by atoms with E-state index in [0.29, 0.717) is 34.4 Å². The molecule has 4 unspecified atom stereocenters. The topological polar surface area (TPSA) is 18.5 Å². The van der Waals surface area contributed by atoms with E-state index in [9.17, 15) is 0 Å². The zero-order valence-corrected chi connectivity index (χ0v) is 13.7. The molecule has 0 aromatic carbocycles. The van der Waals surface area contributed by atoms with Crippen molar-refractivity contribution in [2.45, 2.75) is 85.2 Å². The second kappa shape index (κ2) is 3.81. The molecule has 114 valence electrons. The van der Waals surface area contributed by atoms with Crippen LogP contribution < -0.4 is 0 Å². The van der Waals surface area contributed by atoms with Crippen molar-refractivity contribution in [3.05, 3.63) is 0 Å². The third-order valence-electron chi connectivity index (χ3n) is 7.72. The molecule has 1 aliphatic heterocycles. The maximum absolute atomic E-state index is 6.38. The summed E-state index contributed by atoms with van der Waals surface area (Å²) in [5, 5.41) is 0. The summed E-state index contributed by atoms with van der Waals surface area (Å²) < 4.78 is 12.6. The fourth-order valence-corrected chi connectivity index (χ4v) is 6.66. The molecule has 2 bridgehead atoms. The minimum atomic E-state index is 0.0471. The molecule has 2 heteroatoms. The monoisotopic (exact) mass is 278 g/mol. The van der Waals surface area contributed by atoms with E-state index in [1.165, 1.54) is 25.7 Å². The van der Waals surface area contributed by atoms with Crippen molar-refractivity contribution < 1.29 is 9.47 Å². The Morgan fingerprint density at radius 1 is 1.05 bits per heavy atom. The van der Waals surface area contributed by atoms with Gasteiger partial charge in [0.05, 0.1) is 12.2 Å². The van der Waals surface area contributed by atoms with Gasteiger partial charge in [-0.2, -0.15) is 0 Å². The lowest BCUT2D eigenvalue weighted by Crippen LogP contribution is -2.58. The summed E-state index contributed by atoms with van der Waals surface area (Å²) >= 11 is 0. The molecule has 0 N–H and O–H groups in total. The molecule has 4 fully saturated rings. The Morgan fingerprint density at radius 3 is 2.50 bits per heavy atom. The molecule has 4 aliphatic rings. The van der Waals surface area contributed by atoms with E-state index in [0.717, 1.165) is 12.3 Å². The third-order valence-corrected chi connectivity index (χ3v) is 7.72. The maximum atomic E-state index is 6.38.